The molecular weight excluding hydrogens is 331 g/mol. The van der Waals surface area contributed by atoms with E-state index in [0.29, 0.717) is 22.7 Å². The summed E-state index contributed by atoms with van der Waals surface area (Å²) < 4.78 is 20.1. The van der Waals surface area contributed by atoms with Gasteiger partial charge in [0.1, 0.15) is 11.6 Å². The summed E-state index contributed by atoms with van der Waals surface area (Å²) in [5.74, 6) is -0.0773. The third-order valence-corrected chi connectivity index (χ3v) is 4.40. The van der Waals surface area contributed by atoms with Crippen molar-refractivity contribution in [3.63, 3.8) is 0 Å². The average molecular weight is 348 g/mol. The van der Waals surface area contributed by atoms with Crippen LogP contribution >= 0.6 is 0 Å². The highest BCUT2D eigenvalue weighted by Gasteiger charge is 2.35. The Morgan fingerprint density at radius 3 is 2.50 bits per heavy atom. The SMILES string of the molecule is Nc1ccc2c(c1)OC(c1ccccc1)C(=O)N2Cc1ccccc1F. The molecule has 0 spiro atoms. The first kappa shape index (κ1) is 16.1. The summed E-state index contributed by atoms with van der Waals surface area (Å²) in [6.45, 7) is 0.120. The normalized spacial score (nSPS) is 16.1. The van der Waals surface area contributed by atoms with E-state index in [-0.39, 0.29) is 18.3 Å². The minimum Gasteiger partial charge on any atom is -0.474 e. The molecule has 4 nitrogen and oxygen atoms in total. The monoisotopic (exact) mass is 348 g/mol. The number of rotatable bonds is 3. The third-order valence-electron chi connectivity index (χ3n) is 4.40. The smallest absolute Gasteiger partial charge is 0.273 e. The third kappa shape index (κ3) is 2.88. The quantitative estimate of drug-likeness (QED) is 0.726. The molecule has 0 aromatic heterocycles. The lowest BCUT2D eigenvalue weighted by Gasteiger charge is -2.34. The van der Waals surface area contributed by atoms with Crippen molar-refractivity contribution in [2.75, 3.05) is 10.6 Å². The molecule has 4 rings (SSSR count). The van der Waals surface area contributed by atoms with E-state index in [9.17, 15) is 9.18 Å². The van der Waals surface area contributed by atoms with Crippen LogP contribution in [-0.2, 0) is 11.3 Å². The number of nitrogens with two attached hydrogens (primary N) is 1. The Hall–Kier alpha value is -3.34. The number of amides is 1. The van der Waals surface area contributed by atoms with E-state index in [1.807, 2.05) is 30.3 Å². The predicted molar refractivity (Wildman–Crippen MR) is 98.3 cm³/mol. The van der Waals surface area contributed by atoms with Gasteiger partial charge < -0.3 is 15.4 Å². The summed E-state index contributed by atoms with van der Waals surface area (Å²) >= 11 is 0. The van der Waals surface area contributed by atoms with Crippen molar-refractivity contribution in [1.29, 1.82) is 0 Å². The van der Waals surface area contributed by atoms with E-state index in [0.717, 1.165) is 5.56 Å². The Morgan fingerprint density at radius 2 is 1.73 bits per heavy atom. The maximum atomic E-state index is 14.1. The molecule has 5 heteroatoms. The second-order valence-electron chi connectivity index (χ2n) is 6.15. The van der Waals surface area contributed by atoms with Crippen LogP contribution in [0.15, 0.2) is 72.8 Å². The fourth-order valence-electron chi connectivity index (χ4n) is 3.08. The van der Waals surface area contributed by atoms with Gasteiger partial charge in [-0.05, 0) is 18.2 Å². The number of carbonyl (C=O) groups is 1. The number of nitrogen functional groups attached to an aromatic ring is 1. The van der Waals surface area contributed by atoms with Crippen molar-refractivity contribution >= 4 is 17.3 Å². The van der Waals surface area contributed by atoms with Gasteiger partial charge in [0.25, 0.3) is 5.91 Å². The number of carbonyl (C=O) groups excluding carboxylic acids is 1. The summed E-state index contributed by atoms with van der Waals surface area (Å²) in [6, 6.07) is 20.8. The standard InChI is InChI=1S/C21H17FN2O2/c22-17-9-5-4-8-15(17)13-24-18-11-10-16(23)12-19(18)26-20(21(24)25)14-6-2-1-3-7-14/h1-12,20H,13,23H2. The van der Waals surface area contributed by atoms with E-state index in [1.54, 1.807) is 41.3 Å². The Kier molecular flexibility index (Phi) is 4.05. The molecule has 1 atom stereocenters. The fourth-order valence-corrected chi connectivity index (χ4v) is 3.08. The lowest BCUT2D eigenvalue weighted by molar-refractivity contribution is -0.126. The number of anilines is 2. The molecule has 2 N–H and O–H groups in total. The summed E-state index contributed by atoms with van der Waals surface area (Å²) in [7, 11) is 0. The average Bonchev–Trinajstić information content (AvgIpc) is 2.66. The van der Waals surface area contributed by atoms with E-state index >= 15 is 0 Å². The number of hydrogen-bond acceptors (Lipinski definition) is 3. The number of halogens is 1. The van der Waals surface area contributed by atoms with Gasteiger partial charge in [0.2, 0.25) is 6.10 Å². The van der Waals surface area contributed by atoms with E-state index in [1.165, 1.54) is 6.07 Å². The van der Waals surface area contributed by atoms with Gasteiger partial charge in [-0.1, -0.05) is 48.5 Å². The molecular formula is C21H17FN2O2. The number of hydrogen-bond donors (Lipinski definition) is 1. The molecule has 1 aliphatic heterocycles. The van der Waals surface area contributed by atoms with Gasteiger partial charge in [-0.15, -0.1) is 0 Å². The largest absolute Gasteiger partial charge is 0.474 e. The lowest BCUT2D eigenvalue weighted by atomic mass is 10.0. The van der Waals surface area contributed by atoms with Crippen LogP contribution in [0.3, 0.4) is 0 Å². The van der Waals surface area contributed by atoms with Gasteiger partial charge in [-0.2, -0.15) is 0 Å². The highest BCUT2D eigenvalue weighted by atomic mass is 19.1. The van der Waals surface area contributed by atoms with Crippen molar-refractivity contribution < 1.29 is 13.9 Å². The molecule has 130 valence electrons. The Labute approximate surface area is 150 Å². The summed E-state index contributed by atoms with van der Waals surface area (Å²) in [6.07, 6.45) is -0.794. The molecule has 0 saturated carbocycles. The Bertz CT molecular complexity index is 959. The Balaban J connectivity index is 1.78. The molecule has 1 amide bonds. The highest BCUT2D eigenvalue weighted by Crippen LogP contribution is 2.40. The van der Waals surface area contributed by atoms with Crippen molar-refractivity contribution in [2.24, 2.45) is 0 Å². The van der Waals surface area contributed by atoms with Gasteiger partial charge >= 0.3 is 0 Å². The molecule has 3 aromatic rings. The number of nitrogens with zero attached hydrogens (tertiary/aromatic N) is 1. The van der Waals surface area contributed by atoms with Gasteiger partial charge in [-0.25, -0.2) is 4.39 Å². The fraction of sp³-hybridized carbons (Fsp3) is 0.0952. The molecule has 26 heavy (non-hydrogen) atoms. The van der Waals surface area contributed by atoms with Crippen LogP contribution in [0.5, 0.6) is 5.75 Å². The van der Waals surface area contributed by atoms with Crippen LogP contribution in [0.2, 0.25) is 0 Å². The molecule has 0 fully saturated rings. The van der Waals surface area contributed by atoms with Gasteiger partial charge in [0.15, 0.2) is 0 Å². The van der Waals surface area contributed by atoms with Crippen LogP contribution in [0, 0.1) is 5.82 Å². The first-order valence-corrected chi connectivity index (χ1v) is 8.29. The molecule has 3 aromatic carbocycles. The van der Waals surface area contributed by atoms with Gasteiger partial charge in [0.05, 0.1) is 12.2 Å². The van der Waals surface area contributed by atoms with Crippen molar-refractivity contribution in [2.45, 2.75) is 12.6 Å². The first-order chi connectivity index (χ1) is 12.6. The predicted octanol–water partition coefficient (Wildman–Crippen LogP) is 4.07. The molecule has 0 radical (unpaired) electrons. The zero-order valence-corrected chi connectivity index (χ0v) is 13.9. The number of benzene rings is 3. The number of ether oxygens (including phenoxy) is 1. The number of fused-ring (bicyclic) bond motifs is 1. The molecule has 1 unspecified atom stereocenters. The summed E-state index contributed by atoms with van der Waals surface area (Å²) in [4.78, 5) is 14.7. The van der Waals surface area contributed by atoms with Gasteiger partial charge in [-0.3, -0.25) is 4.79 Å². The van der Waals surface area contributed by atoms with Crippen LogP contribution in [-0.4, -0.2) is 5.91 Å². The molecule has 1 heterocycles. The van der Waals surface area contributed by atoms with Crippen LogP contribution in [0.1, 0.15) is 17.2 Å². The zero-order chi connectivity index (χ0) is 18.1. The minimum atomic E-state index is -0.794. The highest BCUT2D eigenvalue weighted by molar-refractivity contribution is 6.00. The second-order valence-corrected chi connectivity index (χ2v) is 6.15. The molecule has 0 bridgehead atoms. The van der Waals surface area contributed by atoms with Crippen LogP contribution in [0.4, 0.5) is 15.8 Å². The van der Waals surface area contributed by atoms with Crippen molar-refractivity contribution in [3.8, 4) is 5.75 Å². The van der Waals surface area contributed by atoms with Crippen LogP contribution in [0.25, 0.3) is 0 Å². The van der Waals surface area contributed by atoms with Gasteiger partial charge in [0, 0.05) is 22.9 Å². The summed E-state index contributed by atoms with van der Waals surface area (Å²) in [5.41, 5.74) is 8.18. The van der Waals surface area contributed by atoms with E-state index < -0.39 is 6.10 Å². The molecule has 0 aliphatic carbocycles. The van der Waals surface area contributed by atoms with E-state index in [4.69, 9.17) is 10.5 Å². The topological polar surface area (TPSA) is 55.6 Å². The first-order valence-electron chi connectivity index (χ1n) is 8.29. The van der Waals surface area contributed by atoms with Crippen molar-refractivity contribution in [3.05, 3.63) is 89.7 Å². The van der Waals surface area contributed by atoms with E-state index in [2.05, 4.69) is 0 Å². The Morgan fingerprint density at radius 1 is 1.00 bits per heavy atom. The maximum Gasteiger partial charge on any atom is 0.273 e. The summed E-state index contributed by atoms with van der Waals surface area (Å²) in [5, 5.41) is 0. The van der Waals surface area contributed by atoms with Crippen molar-refractivity contribution in [1.82, 2.24) is 0 Å². The molecule has 1 aliphatic rings. The second kappa shape index (κ2) is 6.52. The molecule has 0 saturated heterocycles. The minimum absolute atomic E-state index is 0.120. The zero-order valence-electron chi connectivity index (χ0n) is 13.9. The maximum absolute atomic E-state index is 14.1. The van der Waals surface area contributed by atoms with Crippen LogP contribution < -0.4 is 15.4 Å². The lowest BCUT2D eigenvalue weighted by Crippen LogP contribution is -2.40.